The van der Waals surface area contributed by atoms with Gasteiger partial charge in [-0.05, 0) is 61.1 Å². The summed E-state index contributed by atoms with van der Waals surface area (Å²) in [5.41, 5.74) is 6.67. The molecule has 51 heavy (non-hydrogen) atoms. The van der Waals surface area contributed by atoms with Gasteiger partial charge in [0.15, 0.2) is 5.78 Å². The van der Waals surface area contributed by atoms with Gasteiger partial charge in [0.2, 0.25) is 0 Å². The van der Waals surface area contributed by atoms with E-state index >= 15 is 0 Å². The number of ketones is 1. The number of hydrogen-bond donors (Lipinski definition) is 1. The molecule has 0 fully saturated rings. The van der Waals surface area contributed by atoms with Crippen molar-refractivity contribution in [1.29, 1.82) is 0 Å². The number of carbonyl (C=O) groups is 1. The first-order valence-electron chi connectivity index (χ1n) is 18.3. The van der Waals surface area contributed by atoms with Crippen molar-refractivity contribution < 1.29 is 34.4 Å². The standard InChI is InChI=1S/C30H29N2O.C15H28O2.Ir/c1-19(2)14-23-18-33-27-11-13-32-29(28(23)27)21-10-12-31-26(17-21)22-15-20-8-6-7-9-24(20)25(16-22)30(3,4)5;1-7-14(5,8-2)12(16)11-13(17)15(6,9-3)10-4;/h6-13,16-19H,14H2,1-5H3;11,16H,7-10H2,1-6H3;/q-1;;/b;12-11-;. The molecular formula is C45H57IrN2O3-. The quantitative estimate of drug-likeness (QED) is 0.0813. The van der Waals surface area contributed by atoms with Crippen molar-refractivity contribution in [2.45, 2.75) is 114 Å². The van der Waals surface area contributed by atoms with E-state index in [0.717, 1.165) is 71.0 Å². The van der Waals surface area contributed by atoms with Gasteiger partial charge in [-0.15, -0.1) is 29.1 Å². The molecule has 275 valence electrons. The minimum absolute atomic E-state index is 0. The molecule has 6 heteroatoms. The molecule has 0 saturated carbocycles. The Labute approximate surface area is 319 Å². The molecular weight excluding hydrogens is 809 g/mol. The van der Waals surface area contributed by atoms with Crippen LogP contribution in [0.5, 0.6) is 0 Å². The van der Waals surface area contributed by atoms with Crippen molar-refractivity contribution in [2.24, 2.45) is 16.7 Å². The average molecular weight is 866 g/mol. The van der Waals surface area contributed by atoms with Crippen molar-refractivity contribution in [3.8, 4) is 22.5 Å². The molecule has 0 atom stereocenters. The Morgan fingerprint density at radius 1 is 0.882 bits per heavy atom. The van der Waals surface area contributed by atoms with Crippen LogP contribution in [-0.2, 0) is 36.7 Å². The van der Waals surface area contributed by atoms with E-state index in [9.17, 15) is 9.90 Å². The van der Waals surface area contributed by atoms with E-state index in [1.54, 1.807) is 0 Å². The summed E-state index contributed by atoms with van der Waals surface area (Å²) in [6, 6.07) is 20.4. The summed E-state index contributed by atoms with van der Waals surface area (Å²) < 4.78 is 5.87. The van der Waals surface area contributed by atoms with Gasteiger partial charge in [-0.25, -0.2) is 0 Å². The second-order valence-corrected chi connectivity index (χ2v) is 15.6. The molecule has 3 heterocycles. The van der Waals surface area contributed by atoms with E-state index in [0.29, 0.717) is 5.92 Å². The number of pyridine rings is 2. The van der Waals surface area contributed by atoms with Crippen LogP contribution in [-0.4, -0.2) is 20.9 Å². The minimum atomic E-state index is -0.337. The summed E-state index contributed by atoms with van der Waals surface area (Å²) >= 11 is 0. The maximum Gasteiger partial charge on any atom is 0.164 e. The fourth-order valence-electron chi connectivity index (χ4n) is 6.25. The van der Waals surface area contributed by atoms with E-state index in [-0.39, 0.29) is 47.9 Å². The zero-order chi connectivity index (χ0) is 36.9. The first-order chi connectivity index (χ1) is 23.6. The largest absolute Gasteiger partial charge is 0.512 e. The molecule has 5 aromatic rings. The van der Waals surface area contributed by atoms with E-state index in [4.69, 9.17) is 14.4 Å². The van der Waals surface area contributed by atoms with Crippen molar-refractivity contribution >= 4 is 27.5 Å². The van der Waals surface area contributed by atoms with Gasteiger partial charge in [0.1, 0.15) is 11.3 Å². The third-order valence-electron chi connectivity index (χ3n) is 10.7. The number of allylic oxidation sites excluding steroid dienone is 2. The summed E-state index contributed by atoms with van der Waals surface area (Å²) in [4.78, 5) is 21.7. The summed E-state index contributed by atoms with van der Waals surface area (Å²) in [5, 5.41) is 13.6. The van der Waals surface area contributed by atoms with Gasteiger partial charge < -0.3 is 9.52 Å². The number of benzene rings is 2. The van der Waals surface area contributed by atoms with Crippen LogP contribution in [0.3, 0.4) is 0 Å². The fraction of sp³-hybridized carbons (Fsp3) is 0.444. The first kappa shape index (κ1) is 41.8. The molecule has 0 spiro atoms. The third-order valence-corrected chi connectivity index (χ3v) is 10.7. The summed E-state index contributed by atoms with van der Waals surface area (Å²) in [5.74, 6) is 0.823. The molecule has 0 aliphatic rings. The van der Waals surface area contributed by atoms with Crippen LogP contribution in [0.1, 0.15) is 113 Å². The number of aliphatic hydroxyl groups is 1. The van der Waals surface area contributed by atoms with Gasteiger partial charge in [0.25, 0.3) is 0 Å². The predicted molar refractivity (Wildman–Crippen MR) is 209 cm³/mol. The van der Waals surface area contributed by atoms with E-state index in [2.05, 4.69) is 77.1 Å². The first-order valence-corrected chi connectivity index (χ1v) is 18.3. The Bertz CT molecular complexity index is 1960. The van der Waals surface area contributed by atoms with Crippen LogP contribution in [0.4, 0.5) is 0 Å². The van der Waals surface area contributed by atoms with Crippen LogP contribution >= 0.6 is 0 Å². The molecule has 0 saturated heterocycles. The number of nitrogens with zero attached hydrogens (tertiary/aromatic N) is 2. The van der Waals surface area contributed by atoms with Crippen LogP contribution < -0.4 is 0 Å². The molecule has 5 nitrogen and oxygen atoms in total. The molecule has 0 aliphatic carbocycles. The average Bonchev–Trinajstić information content (AvgIpc) is 3.52. The number of aliphatic hydroxyl groups excluding tert-OH is 1. The fourth-order valence-corrected chi connectivity index (χ4v) is 6.25. The molecule has 0 unspecified atom stereocenters. The van der Waals surface area contributed by atoms with Crippen LogP contribution in [0.25, 0.3) is 44.3 Å². The maximum atomic E-state index is 12.2. The van der Waals surface area contributed by atoms with Gasteiger partial charge in [-0.2, -0.15) is 0 Å². The zero-order valence-electron chi connectivity index (χ0n) is 32.5. The van der Waals surface area contributed by atoms with Crippen molar-refractivity contribution in [2.75, 3.05) is 0 Å². The molecule has 0 bridgehead atoms. The van der Waals surface area contributed by atoms with Gasteiger partial charge in [0, 0.05) is 66.0 Å². The number of carbonyl (C=O) groups excluding carboxylic acids is 1. The topological polar surface area (TPSA) is 76.2 Å². The molecule has 5 rings (SSSR count). The summed E-state index contributed by atoms with van der Waals surface area (Å²) in [6.07, 6.45) is 11.3. The van der Waals surface area contributed by atoms with Gasteiger partial charge >= 0.3 is 0 Å². The Hall–Kier alpha value is -3.60. The molecule has 0 amide bonds. The van der Waals surface area contributed by atoms with Crippen molar-refractivity contribution in [3.63, 3.8) is 0 Å². The van der Waals surface area contributed by atoms with Crippen LogP contribution in [0, 0.1) is 22.8 Å². The molecule has 0 aliphatic heterocycles. The van der Waals surface area contributed by atoms with Crippen LogP contribution in [0.2, 0.25) is 0 Å². The predicted octanol–water partition coefficient (Wildman–Crippen LogP) is 12.7. The number of hydrogen-bond acceptors (Lipinski definition) is 5. The van der Waals surface area contributed by atoms with E-state index in [1.807, 2.05) is 72.3 Å². The van der Waals surface area contributed by atoms with Crippen molar-refractivity contribution in [1.82, 2.24) is 9.97 Å². The van der Waals surface area contributed by atoms with Gasteiger partial charge in [-0.3, -0.25) is 14.8 Å². The molecule has 2 aromatic carbocycles. The molecule has 1 N–H and O–H groups in total. The third kappa shape index (κ3) is 9.45. The normalized spacial score (nSPS) is 12.5. The maximum absolute atomic E-state index is 12.2. The number of aromatic nitrogens is 2. The summed E-state index contributed by atoms with van der Waals surface area (Å²) in [6.45, 7) is 23.3. The van der Waals surface area contributed by atoms with Gasteiger partial charge in [0.05, 0.1) is 12.0 Å². The number of furan rings is 1. The molecule has 3 aromatic heterocycles. The Morgan fingerprint density at radius 2 is 1.51 bits per heavy atom. The van der Waals surface area contributed by atoms with E-state index in [1.165, 1.54) is 22.6 Å². The number of fused-ring (bicyclic) bond motifs is 2. The molecule has 1 radical (unpaired) electrons. The smallest absolute Gasteiger partial charge is 0.164 e. The van der Waals surface area contributed by atoms with Crippen LogP contribution in [0.15, 0.2) is 83.4 Å². The Balaban J connectivity index is 0.000000335. The van der Waals surface area contributed by atoms with E-state index < -0.39 is 0 Å². The van der Waals surface area contributed by atoms with Crippen molar-refractivity contribution in [3.05, 3.63) is 96.2 Å². The summed E-state index contributed by atoms with van der Waals surface area (Å²) in [7, 11) is 0. The number of rotatable bonds is 11. The van der Waals surface area contributed by atoms with Gasteiger partial charge in [-0.1, -0.05) is 111 Å². The zero-order valence-corrected chi connectivity index (χ0v) is 34.9. The monoisotopic (exact) mass is 866 g/mol. The second-order valence-electron chi connectivity index (χ2n) is 15.6. The Morgan fingerprint density at radius 3 is 2.12 bits per heavy atom. The minimum Gasteiger partial charge on any atom is -0.512 e. The SMILES string of the molecule is CC(C)Cc1coc2ccnc(-c3ccnc(-c4[c-]c5ccccc5c(C(C)(C)C)c4)c3)c12.CCC(C)(CC)C(=O)/C=C(\O)C(C)(CC)CC.[Ir]. The second kappa shape index (κ2) is 17.3. The Kier molecular flexibility index (Phi) is 14.2.